The summed E-state index contributed by atoms with van der Waals surface area (Å²) in [5.41, 5.74) is 0.737. The predicted octanol–water partition coefficient (Wildman–Crippen LogP) is 4.35. The van der Waals surface area contributed by atoms with Crippen molar-refractivity contribution < 1.29 is 0 Å². The Morgan fingerprint density at radius 3 is 2.57 bits per heavy atom. The molecule has 0 N–H and O–H groups in total. The van der Waals surface area contributed by atoms with Gasteiger partial charge in [-0.05, 0) is 45.7 Å². The minimum atomic E-state index is -0.275. The second-order valence-corrected chi connectivity index (χ2v) is 6.73. The molecule has 110 valence electrons. The molecule has 1 aromatic carbocycles. The quantitative estimate of drug-likeness (QED) is 0.808. The Morgan fingerprint density at radius 2 is 1.95 bits per heavy atom. The number of halogens is 1. The number of aryl methyl sites for hydroxylation is 2. The summed E-state index contributed by atoms with van der Waals surface area (Å²) in [6, 6.07) is 10.3. The Balaban J connectivity index is 2.06. The molecule has 21 heavy (non-hydrogen) atoms. The zero-order valence-electron chi connectivity index (χ0n) is 12.6. The molecule has 1 aromatic heterocycles. The van der Waals surface area contributed by atoms with Gasteiger partial charge in [-0.1, -0.05) is 28.1 Å². The topological polar surface area (TPSA) is 54.5 Å². The Hall–Kier alpha value is -1.67. The number of aromatic nitrogens is 3. The number of nitrogens with zero attached hydrogens (tertiary/aromatic N) is 4. The fourth-order valence-corrected chi connectivity index (χ4v) is 2.34. The lowest BCUT2D eigenvalue weighted by Crippen LogP contribution is -2.10. The molecular formula is C16H19BrN4. The second kappa shape index (κ2) is 6.40. The van der Waals surface area contributed by atoms with E-state index in [4.69, 9.17) is 5.26 Å². The lowest BCUT2D eigenvalue weighted by atomic mass is 9.90. The van der Waals surface area contributed by atoms with Gasteiger partial charge in [-0.15, -0.1) is 0 Å². The molecule has 5 heteroatoms. The molecule has 0 saturated carbocycles. The van der Waals surface area contributed by atoms with Gasteiger partial charge in [-0.2, -0.15) is 10.4 Å². The third-order valence-corrected chi connectivity index (χ3v) is 3.96. The first-order valence-electron chi connectivity index (χ1n) is 7.00. The van der Waals surface area contributed by atoms with Crippen LogP contribution in [0.4, 0.5) is 0 Å². The van der Waals surface area contributed by atoms with Crippen molar-refractivity contribution in [3.05, 3.63) is 34.6 Å². The van der Waals surface area contributed by atoms with Gasteiger partial charge in [0.1, 0.15) is 5.82 Å². The first-order valence-corrected chi connectivity index (χ1v) is 7.79. The molecule has 0 aliphatic carbocycles. The van der Waals surface area contributed by atoms with Crippen molar-refractivity contribution in [2.45, 2.75) is 40.2 Å². The Morgan fingerprint density at radius 1 is 1.29 bits per heavy atom. The van der Waals surface area contributed by atoms with Crippen molar-refractivity contribution in [2.75, 3.05) is 0 Å². The summed E-state index contributed by atoms with van der Waals surface area (Å²) < 4.78 is 2.96. The molecule has 0 saturated heterocycles. The van der Waals surface area contributed by atoms with Crippen LogP contribution in [-0.2, 0) is 6.54 Å². The third-order valence-electron chi connectivity index (χ3n) is 3.43. The van der Waals surface area contributed by atoms with Crippen molar-refractivity contribution >= 4 is 15.9 Å². The first-order chi connectivity index (χ1) is 9.91. The predicted molar refractivity (Wildman–Crippen MR) is 86.5 cm³/mol. The Kier molecular flexibility index (Phi) is 4.79. The second-order valence-electron chi connectivity index (χ2n) is 5.81. The largest absolute Gasteiger partial charge is 0.250 e. The molecule has 0 radical (unpaired) electrons. The molecule has 2 aromatic rings. The molecular weight excluding hydrogens is 328 g/mol. The van der Waals surface area contributed by atoms with Crippen LogP contribution in [-0.4, -0.2) is 14.8 Å². The first kappa shape index (κ1) is 15.7. The van der Waals surface area contributed by atoms with Gasteiger partial charge in [0, 0.05) is 16.6 Å². The highest BCUT2D eigenvalue weighted by atomic mass is 79.9. The highest BCUT2D eigenvalue weighted by molar-refractivity contribution is 9.10. The number of hydrogen-bond acceptors (Lipinski definition) is 3. The number of rotatable bonds is 5. The van der Waals surface area contributed by atoms with Gasteiger partial charge in [0.2, 0.25) is 0 Å². The molecule has 0 amide bonds. The van der Waals surface area contributed by atoms with Crippen LogP contribution < -0.4 is 0 Å². The van der Waals surface area contributed by atoms with E-state index in [0.29, 0.717) is 0 Å². The SMILES string of the molecule is Cc1nc(-c2ccc(Br)cc2)nn1CCCC(C)(C)C#N. The van der Waals surface area contributed by atoms with Crippen molar-refractivity contribution in [1.82, 2.24) is 14.8 Å². The number of hydrogen-bond donors (Lipinski definition) is 0. The van der Waals surface area contributed by atoms with Crippen LogP contribution in [0.2, 0.25) is 0 Å². The molecule has 0 aliphatic heterocycles. The molecule has 1 heterocycles. The Labute approximate surface area is 133 Å². The van der Waals surface area contributed by atoms with E-state index < -0.39 is 0 Å². The van der Waals surface area contributed by atoms with Crippen LogP contribution >= 0.6 is 15.9 Å². The summed E-state index contributed by atoms with van der Waals surface area (Å²) in [4.78, 5) is 4.52. The van der Waals surface area contributed by atoms with E-state index in [-0.39, 0.29) is 5.41 Å². The monoisotopic (exact) mass is 346 g/mol. The zero-order valence-corrected chi connectivity index (χ0v) is 14.2. The van der Waals surface area contributed by atoms with Crippen LogP contribution in [0.5, 0.6) is 0 Å². The minimum Gasteiger partial charge on any atom is -0.250 e. The maximum absolute atomic E-state index is 9.03. The fourth-order valence-electron chi connectivity index (χ4n) is 2.08. The van der Waals surface area contributed by atoms with Crippen molar-refractivity contribution in [2.24, 2.45) is 5.41 Å². The van der Waals surface area contributed by atoms with E-state index in [0.717, 1.165) is 41.1 Å². The molecule has 0 spiro atoms. The smallest absolute Gasteiger partial charge is 0.181 e. The van der Waals surface area contributed by atoms with Crippen molar-refractivity contribution in [1.29, 1.82) is 5.26 Å². The fraction of sp³-hybridized carbons (Fsp3) is 0.438. The van der Waals surface area contributed by atoms with E-state index in [1.807, 2.05) is 49.7 Å². The lowest BCUT2D eigenvalue weighted by molar-refractivity contribution is 0.404. The molecule has 2 rings (SSSR count). The van der Waals surface area contributed by atoms with Crippen LogP contribution in [0, 0.1) is 23.7 Å². The summed E-state index contributed by atoms with van der Waals surface area (Å²) in [5, 5.41) is 13.6. The van der Waals surface area contributed by atoms with Gasteiger partial charge in [-0.3, -0.25) is 0 Å². The summed E-state index contributed by atoms with van der Waals surface area (Å²) in [6.07, 6.45) is 1.78. The molecule has 0 fully saturated rings. The van der Waals surface area contributed by atoms with Crippen molar-refractivity contribution in [3.63, 3.8) is 0 Å². The lowest BCUT2D eigenvalue weighted by Gasteiger charge is -2.14. The van der Waals surface area contributed by atoms with Crippen LogP contribution in [0.3, 0.4) is 0 Å². The third kappa shape index (κ3) is 4.15. The molecule has 0 aliphatic rings. The molecule has 4 nitrogen and oxygen atoms in total. The summed E-state index contributed by atoms with van der Waals surface area (Å²) in [5.74, 6) is 1.65. The number of benzene rings is 1. The van der Waals surface area contributed by atoms with E-state index >= 15 is 0 Å². The van der Waals surface area contributed by atoms with E-state index in [1.165, 1.54) is 0 Å². The number of nitriles is 1. The Bertz CT molecular complexity index is 650. The minimum absolute atomic E-state index is 0.275. The molecule has 0 atom stereocenters. The summed E-state index contributed by atoms with van der Waals surface area (Å²) in [6.45, 7) is 6.69. The highest BCUT2D eigenvalue weighted by Gasteiger charge is 2.16. The van der Waals surface area contributed by atoms with Gasteiger partial charge in [0.25, 0.3) is 0 Å². The van der Waals surface area contributed by atoms with E-state index in [9.17, 15) is 0 Å². The van der Waals surface area contributed by atoms with E-state index in [1.54, 1.807) is 0 Å². The van der Waals surface area contributed by atoms with Gasteiger partial charge in [0.15, 0.2) is 5.82 Å². The van der Waals surface area contributed by atoms with Gasteiger partial charge in [0.05, 0.1) is 11.5 Å². The van der Waals surface area contributed by atoms with Crippen LogP contribution in [0.1, 0.15) is 32.5 Å². The maximum Gasteiger partial charge on any atom is 0.181 e. The van der Waals surface area contributed by atoms with Crippen LogP contribution in [0.15, 0.2) is 28.7 Å². The highest BCUT2D eigenvalue weighted by Crippen LogP contribution is 2.22. The van der Waals surface area contributed by atoms with Gasteiger partial charge < -0.3 is 0 Å². The normalized spacial score (nSPS) is 11.4. The van der Waals surface area contributed by atoms with Crippen molar-refractivity contribution in [3.8, 4) is 17.5 Å². The molecule has 0 bridgehead atoms. The average molecular weight is 347 g/mol. The standard InChI is InChI=1S/C16H19BrN4/c1-12-19-15(13-5-7-14(17)8-6-13)20-21(12)10-4-9-16(2,3)11-18/h5-8H,4,9-10H2,1-3H3. The zero-order chi connectivity index (χ0) is 15.5. The summed E-state index contributed by atoms with van der Waals surface area (Å²) in [7, 11) is 0. The van der Waals surface area contributed by atoms with Gasteiger partial charge >= 0.3 is 0 Å². The summed E-state index contributed by atoms with van der Waals surface area (Å²) >= 11 is 3.42. The van der Waals surface area contributed by atoms with Gasteiger partial charge in [-0.25, -0.2) is 9.67 Å². The average Bonchev–Trinajstić information content (AvgIpc) is 2.81. The van der Waals surface area contributed by atoms with E-state index in [2.05, 4.69) is 32.1 Å². The molecule has 0 unspecified atom stereocenters. The van der Waals surface area contributed by atoms with Crippen LogP contribution in [0.25, 0.3) is 11.4 Å². The maximum atomic E-state index is 9.03.